The van der Waals surface area contributed by atoms with E-state index in [4.69, 9.17) is 9.97 Å². The smallest absolute Gasteiger partial charge is 0.160 e. The van der Waals surface area contributed by atoms with E-state index in [1.54, 1.807) is 11.3 Å². The lowest BCUT2D eigenvalue weighted by Gasteiger charge is -2.13. The second kappa shape index (κ2) is 12.4. The molecule has 0 saturated heterocycles. The SMILES string of the molecule is c1ccc(-c2ccc(-c3cc(-c4ccc(-c5ccccn5)cc4)cc(-c4nc(-c5ccccc5)c5sc6ccccc6c5n4)c3)cc2)cc1. The Morgan fingerprint density at radius 1 is 0.388 bits per heavy atom. The Kier molecular flexibility index (Phi) is 7.34. The van der Waals surface area contributed by atoms with Crippen molar-refractivity contribution in [2.75, 3.05) is 0 Å². The van der Waals surface area contributed by atoms with Crippen LogP contribution >= 0.6 is 11.3 Å². The Hall–Kier alpha value is -6.23. The van der Waals surface area contributed by atoms with Gasteiger partial charge in [0.15, 0.2) is 5.82 Å². The lowest BCUT2D eigenvalue weighted by Crippen LogP contribution is -1.95. The molecule has 0 N–H and O–H groups in total. The van der Waals surface area contributed by atoms with Crippen LogP contribution in [-0.4, -0.2) is 15.0 Å². The summed E-state index contributed by atoms with van der Waals surface area (Å²) in [4.78, 5) is 15.1. The number of pyridine rings is 1. The molecule has 0 spiro atoms. The molecule has 0 saturated carbocycles. The van der Waals surface area contributed by atoms with Crippen molar-refractivity contribution in [2.45, 2.75) is 0 Å². The number of hydrogen-bond donors (Lipinski definition) is 0. The molecule has 0 fully saturated rings. The van der Waals surface area contributed by atoms with Gasteiger partial charge >= 0.3 is 0 Å². The van der Waals surface area contributed by atoms with Gasteiger partial charge in [0.2, 0.25) is 0 Å². The molecule has 0 unspecified atom stereocenters. The average Bonchev–Trinajstić information content (AvgIpc) is 3.57. The van der Waals surface area contributed by atoms with Crippen LogP contribution in [0.25, 0.3) is 87.6 Å². The van der Waals surface area contributed by atoms with Crippen LogP contribution in [0.2, 0.25) is 0 Å². The molecule has 230 valence electrons. The van der Waals surface area contributed by atoms with Crippen LogP contribution < -0.4 is 0 Å². The molecule has 9 rings (SSSR count). The fraction of sp³-hybridized carbons (Fsp3) is 0. The van der Waals surface area contributed by atoms with Gasteiger partial charge in [-0.05, 0) is 69.8 Å². The number of hydrogen-bond acceptors (Lipinski definition) is 4. The van der Waals surface area contributed by atoms with Crippen LogP contribution in [0, 0.1) is 0 Å². The van der Waals surface area contributed by atoms with Crippen LogP contribution in [-0.2, 0) is 0 Å². The normalized spacial score (nSPS) is 11.3. The minimum atomic E-state index is 0.712. The molecular weight excluding hydrogens is 615 g/mol. The predicted molar refractivity (Wildman–Crippen MR) is 205 cm³/mol. The van der Waals surface area contributed by atoms with Crippen molar-refractivity contribution in [3.8, 4) is 67.3 Å². The number of nitrogens with zero attached hydrogens (tertiary/aromatic N) is 3. The fourth-order valence-corrected chi connectivity index (χ4v) is 7.61. The van der Waals surface area contributed by atoms with E-state index in [0.29, 0.717) is 5.82 Å². The highest BCUT2D eigenvalue weighted by Crippen LogP contribution is 2.40. The summed E-state index contributed by atoms with van der Waals surface area (Å²) >= 11 is 1.76. The predicted octanol–water partition coefficient (Wildman–Crippen LogP) is 12.2. The maximum absolute atomic E-state index is 5.30. The minimum Gasteiger partial charge on any atom is -0.256 e. The van der Waals surface area contributed by atoms with Crippen molar-refractivity contribution in [3.05, 3.63) is 176 Å². The molecule has 3 heterocycles. The first-order valence-corrected chi connectivity index (χ1v) is 17.2. The van der Waals surface area contributed by atoms with Crippen molar-refractivity contribution < 1.29 is 0 Å². The zero-order valence-electron chi connectivity index (χ0n) is 26.5. The van der Waals surface area contributed by atoms with Gasteiger partial charge in [-0.25, -0.2) is 9.97 Å². The second-order valence-corrected chi connectivity index (χ2v) is 13.1. The summed E-state index contributed by atoms with van der Waals surface area (Å²) in [5.41, 5.74) is 12.9. The summed E-state index contributed by atoms with van der Waals surface area (Å²) in [6.07, 6.45) is 1.83. The number of fused-ring (bicyclic) bond motifs is 3. The van der Waals surface area contributed by atoms with E-state index in [1.807, 2.05) is 30.5 Å². The van der Waals surface area contributed by atoms with Gasteiger partial charge in [-0.2, -0.15) is 0 Å². The van der Waals surface area contributed by atoms with Crippen molar-refractivity contribution in [1.29, 1.82) is 0 Å². The van der Waals surface area contributed by atoms with Crippen LogP contribution in [0.3, 0.4) is 0 Å². The molecule has 4 heteroatoms. The molecule has 0 aliphatic rings. The quantitative estimate of drug-likeness (QED) is 0.181. The lowest BCUT2D eigenvalue weighted by molar-refractivity contribution is 1.24. The molecule has 3 nitrogen and oxygen atoms in total. The molecule has 0 amide bonds. The van der Waals surface area contributed by atoms with Gasteiger partial charge in [0.05, 0.1) is 21.6 Å². The highest BCUT2D eigenvalue weighted by Gasteiger charge is 2.18. The van der Waals surface area contributed by atoms with Crippen LogP contribution in [0.15, 0.2) is 176 Å². The Bertz CT molecular complexity index is 2460. The van der Waals surface area contributed by atoms with Gasteiger partial charge in [-0.15, -0.1) is 11.3 Å². The maximum atomic E-state index is 5.30. The first-order chi connectivity index (χ1) is 24.3. The van der Waals surface area contributed by atoms with Crippen molar-refractivity contribution >= 4 is 31.6 Å². The van der Waals surface area contributed by atoms with E-state index in [-0.39, 0.29) is 0 Å². The molecule has 6 aromatic carbocycles. The van der Waals surface area contributed by atoms with Crippen molar-refractivity contribution in [3.63, 3.8) is 0 Å². The molecule has 3 aromatic heterocycles. The van der Waals surface area contributed by atoms with E-state index < -0.39 is 0 Å². The van der Waals surface area contributed by atoms with Crippen LogP contribution in [0.1, 0.15) is 0 Å². The molecule has 0 aliphatic heterocycles. The Balaban J connectivity index is 1.23. The fourth-order valence-electron chi connectivity index (χ4n) is 6.45. The molecule has 0 bridgehead atoms. The topological polar surface area (TPSA) is 38.7 Å². The number of benzene rings is 6. The summed E-state index contributed by atoms with van der Waals surface area (Å²) in [6.45, 7) is 0. The van der Waals surface area contributed by atoms with Gasteiger partial charge in [-0.3, -0.25) is 4.98 Å². The number of rotatable bonds is 6. The van der Waals surface area contributed by atoms with E-state index in [2.05, 4.69) is 151 Å². The van der Waals surface area contributed by atoms with Crippen LogP contribution in [0.5, 0.6) is 0 Å². The third kappa shape index (κ3) is 5.58. The van der Waals surface area contributed by atoms with Crippen LogP contribution in [0.4, 0.5) is 0 Å². The second-order valence-electron chi connectivity index (χ2n) is 12.1. The molecule has 0 radical (unpaired) electrons. The van der Waals surface area contributed by atoms with Gasteiger partial charge in [-0.1, -0.05) is 133 Å². The standard InChI is InChI=1S/C45H29N3S/c1-3-11-30(12-4-1)31-18-20-32(21-19-31)36-27-37(33-22-24-34(25-23-33)40-16-9-10-26-46-40)29-38(28-36)45-47-42(35-13-5-2-6-14-35)44-43(48-45)39-15-7-8-17-41(39)49-44/h1-29H. The van der Waals surface area contributed by atoms with Gasteiger partial charge in [0.25, 0.3) is 0 Å². The van der Waals surface area contributed by atoms with E-state index in [9.17, 15) is 0 Å². The molecular formula is C45H29N3S. The summed E-state index contributed by atoms with van der Waals surface area (Å²) < 4.78 is 2.32. The number of thiophene rings is 1. The third-order valence-electron chi connectivity index (χ3n) is 8.96. The van der Waals surface area contributed by atoms with Gasteiger partial charge < -0.3 is 0 Å². The van der Waals surface area contributed by atoms with E-state index >= 15 is 0 Å². The Morgan fingerprint density at radius 2 is 0.918 bits per heavy atom. The number of aromatic nitrogens is 3. The van der Waals surface area contributed by atoms with E-state index in [0.717, 1.165) is 65.9 Å². The monoisotopic (exact) mass is 643 g/mol. The minimum absolute atomic E-state index is 0.712. The molecule has 49 heavy (non-hydrogen) atoms. The lowest BCUT2D eigenvalue weighted by atomic mass is 9.94. The summed E-state index contributed by atoms with van der Waals surface area (Å²) in [6, 6.07) is 59.7. The maximum Gasteiger partial charge on any atom is 0.160 e. The first-order valence-electron chi connectivity index (χ1n) is 16.3. The highest BCUT2D eigenvalue weighted by molar-refractivity contribution is 7.26. The molecule has 9 aromatic rings. The first kappa shape index (κ1) is 29.0. The largest absolute Gasteiger partial charge is 0.256 e. The molecule has 0 atom stereocenters. The Labute approximate surface area is 288 Å². The van der Waals surface area contributed by atoms with Crippen molar-refractivity contribution in [2.24, 2.45) is 0 Å². The van der Waals surface area contributed by atoms with Gasteiger partial charge in [0, 0.05) is 33.0 Å². The zero-order chi connectivity index (χ0) is 32.6. The summed E-state index contributed by atoms with van der Waals surface area (Å²) in [5, 5.41) is 1.15. The highest BCUT2D eigenvalue weighted by atomic mass is 32.1. The molecule has 0 aliphatic carbocycles. The summed E-state index contributed by atoms with van der Waals surface area (Å²) in [7, 11) is 0. The summed E-state index contributed by atoms with van der Waals surface area (Å²) in [5.74, 6) is 0.712. The van der Waals surface area contributed by atoms with Crippen molar-refractivity contribution in [1.82, 2.24) is 15.0 Å². The Morgan fingerprint density at radius 3 is 1.57 bits per heavy atom. The third-order valence-corrected chi connectivity index (χ3v) is 10.1. The zero-order valence-corrected chi connectivity index (χ0v) is 27.3. The van der Waals surface area contributed by atoms with Gasteiger partial charge in [0.1, 0.15) is 0 Å². The average molecular weight is 644 g/mol. The van der Waals surface area contributed by atoms with E-state index in [1.165, 1.54) is 15.8 Å².